The Labute approximate surface area is 153 Å². The zero-order valence-corrected chi connectivity index (χ0v) is 15.3. The van der Waals surface area contributed by atoms with Crippen molar-refractivity contribution >= 4 is 29.3 Å². The van der Waals surface area contributed by atoms with E-state index >= 15 is 0 Å². The molecule has 2 heterocycles. The zero-order valence-electron chi connectivity index (χ0n) is 14.5. The van der Waals surface area contributed by atoms with Crippen LogP contribution in [0, 0.1) is 0 Å². The molecule has 1 unspecified atom stereocenters. The van der Waals surface area contributed by atoms with Gasteiger partial charge in [-0.05, 0) is 38.0 Å². The van der Waals surface area contributed by atoms with Crippen LogP contribution < -0.4 is 11.0 Å². The van der Waals surface area contributed by atoms with E-state index in [1.165, 1.54) is 12.8 Å². The number of H-pyrrole nitrogens is 1. The first kappa shape index (κ1) is 18.0. The summed E-state index contributed by atoms with van der Waals surface area (Å²) in [5, 5.41) is 3.35. The van der Waals surface area contributed by atoms with Crippen molar-refractivity contribution in [2.75, 3.05) is 19.6 Å². The maximum atomic E-state index is 12.7. The number of aromatic nitrogens is 2. The minimum absolute atomic E-state index is 0. The number of imidazole rings is 1. The molecule has 2 N–H and O–H groups in total. The summed E-state index contributed by atoms with van der Waals surface area (Å²) < 4.78 is 1.88. The maximum Gasteiger partial charge on any atom is 0.326 e. The molecular formula is C18H25ClN4O2. The molecule has 4 rings (SSSR count). The van der Waals surface area contributed by atoms with Crippen LogP contribution >= 0.6 is 12.4 Å². The minimum Gasteiger partial charge on any atom is -0.336 e. The number of aromatic amines is 1. The quantitative estimate of drug-likeness (QED) is 0.859. The summed E-state index contributed by atoms with van der Waals surface area (Å²) in [6, 6.07) is 6.22. The third-order valence-corrected chi connectivity index (χ3v) is 5.31. The van der Waals surface area contributed by atoms with Gasteiger partial charge >= 0.3 is 5.69 Å². The van der Waals surface area contributed by atoms with E-state index in [0.29, 0.717) is 17.6 Å². The Morgan fingerprint density at radius 3 is 2.72 bits per heavy atom. The predicted molar refractivity (Wildman–Crippen MR) is 101 cm³/mol. The molecular weight excluding hydrogens is 340 g/mol. The van der Waals surface area contributed by atoms with E-state index in [4.69, 9.17) is 0 Å². The zero-order chi connectivity index (χ0) is 16.7. The van der Waals surface area contributed by atoms with Crippen molar-refractivity contribution in [3.63, 3.8) is 0 Å². The number of rotatable bonds is 2. The molecule has 2 aliphatic rings. The fourth-order valence-corrected chi connectivity index (χ4v) is 4.09. The molecule has 1 aromatic carbocycles. The van der Waals surface area contributed by atoms with Crippen molar-refractivity contribution in [3.05, 3.63) is 34.2 Å². The van der Waals surface area contributed by atoms with Gasteiger partial charge in [-0.1, -0.05) is 12.8 Å². The van der Waals surface area contributed by atoms with Crippen LogP contribution in [-0.4, -0.2) is 46.0 Å². The van der Waals surface area contributed by atoms with Crippen LogP contribution in [0.1, 0.15) is 49.0 Å². The van der Waals surface area contributed by atoms with Gasteiger partial charge in [0.2, 0.25) is 0 Å². The lowest BCUT2D eigenvalue weighted by Gasteiger charge is -2.32. The van der Waals surface area contributed by atoms with Crippen LogP contribution in [0.3, 0.4) is 0 Å². The molecule has 0 spiro atoms. The Morgan fingerprint density at radius 1 is 1.24 bits per heavy atom. The molecule has 1 aliphatic heterocycles. The molecule has 136 valence electrons. The normalized spacial score (nSPS) is 21.5. The summed E-state index contributed by atoms with van der Waals surface area (Å²) in [6.45, 7) is 4.35. The van der Waals surface area contributed by atoms with E-state index in [2.05, 4.69) is 17.2 Å². The number of carbonyl (C=O) groups is 1. The molecule has 25 heavy (non-hydrogen) atoms. The molecule has 1 atom stereocenters. The Balaban J connectivity index is 0.00000182. The second kappa shape index (κ2) is 7.22. The predicted octanol–water partition coefficient (Wildman–Crippen LogP) is 2.30. The highest BCUT2D eigenvalue weighted by Gasteiger charge is 2.24. The SMILES string of the molecule is CC1CN(C(=O)c2ccc3c(c2)[nH]c(=O)n3C2CCCC2)CCN1.Cl. The molecule has 1 saturated heterocycles. The molecule has 1 aliphatic carbocycles. The molecule has 1 amide bonds. The summed E-state index contributed by atoms with van der Waals surface area (Å²) in [6.07, 6.45) is 4.49. The average Bonchev–Trinajstić information content (AvgIpc) is 3.19. The van der Waals surface area contributed by atoms with Gasteiger partial charge < -0.3 is 15.2 Å². The molecule has 2 fully saturated rings. The second-order valence-corrected chi connectivity index (χ2v) is 7.08. The van der Waals surface area contributed by atoms with Crippen LogP contribution in [0.15, 0.2) is 23.0 Å². The van der Waals surface area contributed by atoms with Gasteiger partial charge in [-0.3, -0.25) is 9.36 Å². The fourth-order valence-electron chi connectivity index (χ4n) is 4.09. The molecule has 1 saturated carbocycles. The average molecular weight is 365 g/mol. The number of piperazine rings is 1. The monoisotopic (exact) mass is 364 g/mol. The largest absolute Gasteiger partial charge is 0.336 e. The highest BCUT2D eigenvalue weighted by atomic mass is 35.5. The third kappa shape index (κ3) is 3.33. The van der Waals surface area contributed by atoms with Crippen LogP contribution in [0.2, 0.25) is 0 Å². The van der Waals surface area contributed by atoms with E-state index in [9.17, 15) is 9.59 Å². The smallest absolute Gasteiger partial charge is 0.326 e. The Kier molecular flexibility index (Phi) is 5.20. The van der Waals surface area contributed by atoms with E-state index < -0.39 is 0 Å². The number of nitrogens with zero attached hydrogens (tertiary/aromatic N) is 2. The molecule has 0 bridgehead atoms. The molecule has 6 nitrogen and oxygen atoms in total. The van der Waals surface area contributed by atoms with Gasteiger partial charge in [0.25, 0.3) is 5.91 Å². The first-order valence-electron chi connectivity index (χ1n) is 8.90. The molecule has 0 radical (unpaired) electrons. The first-order valence-corrected chi connectivity index (χ1v) is 8.90. The van der Waals surface area contributed by atoms with Gasteiger partial charge in [0.05, 0.1) is 11.0 Å². The number of nitrogens with one attached hydrogen (secondary N) is 2. The number of benzene rings is 1. The molecule has 2 aromatic rings. The van der Waals surface area contributed by atoms with Gasteiger partial charge in [0.15, 0.2) is 0 Å². The van der Waals surface area contributed by atoms with E-state index in [1.54, 1.807) is 0 Å². The molecule has 7 heteroatoms. The van der Waals surface area contributed by atoms with Crippen molar-refractivity contribution in [1.29, 1.82) is 0 Å². The highest BCUT2D eigenvalue weighted by Crippen LogP contribution is 2.30. The summed E-state index contributed by atoms with van der Waals surface area (Å²) in [4.78, 5) is 29.9. The van der Waals surface area contributed by atoms with Crippen molar-refractivity contribution in [3.8, 4) is 0 Å². The Morgan fingerprint density at radius 2 is 2.00 bits per heavy atom. The van der Waals surface area contributed by atoms with Gasteiger partial charge in [-0.25, -0.2) is 4.79 Å². The van der Waals surface area contributed by atoms with Crippen molar-refractivity contribution in [1.82, 2.24) is 19.8 Å². The molecule has 1 aromatic heterocycles. The summed E-state index contributed by atoms with van der Waals surface area (Å²) in [5.74, 6) is 0.0414. The lowest BCUT2D eigenvalue weighted by atomic mass is 10.1. The van der Waals surface area contributed by atoms with Crippen LogP contribution in [0.5, 0.6) is 0 Å². The minimum atomic E-state index is -0.0581. The number of hydrogen-bond acceptors (Lipinski definition) is 3. The van der Waals surface area contributed by atoms with Crippen molar-refractivity contribution < 1.29 is 4.79 Å². The second-order valence-electron chi connectivity index (χ2n) is 7.08. The fraction of sp³-hybridized carbons (Fsp3) is 0.556. The maximum absolute atomic E-state index is 12.7. The van der Waals surface area contributed by atoms with Gasteiger partial charge in [-0.15, -0.1) is 12.4 Å². The first-order chi connectivity index (χ1) is 11.6. The lowest BCUT2D eigenvalue weighted by Crippen LogP contribution is -2.51. The van der Waals surface area contributed by atoms with Gasteiger partial charge in [-0.2, -0.15) is 0 Å². The Bertz CT molecular complexity index is 822. The summed E-state index contributed by atoms with van der Waals surface area (Å²) in [5.41, 5.74) is 2.27. The summed E-state index contributed by atoms with van der Waals surface area (Å²) >= 11 is 0. The summed E-state index contributed by atoms with van der Waals surface area (Å²) in [7, 11) is 0. The van der Waals surface area contributed by atoms with Crippen LogP contribution in [0.4, 0.5) is 0 Å². The third-order valence-electron chi connectivity index (χ3n) is 5.31. The van der Waals surface area contributed by atoms with Crippen LogP contribution in [-0.2, 0) is 0 Å². The van der Waals surface area contributed by atoms with Crippen molar-refractivity contribution in [2.24, 2.45) is 0 Å². The van der Waals surface area contributed by atoms with E-state index in [1.807, 2.05) is 27.7 Å². The van der Waals surface area contributed by atoms with Gasteiger partial charge in [0, 0.05) is 37.3 Å². The number of hydrogen-bond donors (Lipinski definition) is 2. The number of fused-ring (bicyclic) bond motifs is 1. The van der Waals surface area contributed by atoms with Crippen LogP contribution in [0.25, 0.3) is 11.0 Å². The highest BCUT2D eigenvalue weighted by molar-refractivity contribution is 5.97. The lowest BCUT2D eigenvalue weighted by molar-refractivity contribution is 0.0709. The van der Waals surface area contributed by atoms with Gasteiger partial charge in [0.1, 0.15) is 0 Å². The number of halogens is 1. The van der Waals surface area contributed by atoms with E-state index in [0.717, 1.165) is 43.5 Å². The standard InChI is InChI=1S/C18H24N4O2.ClH/c1-12-11-21(9-8-19-12)17(23)13-6-7-16-15(10-13)20-18(24)22(16)14-4-2-3-5-14;/h6-7,10,12,14,19H,2-5,8-9,11H2,1H3,(H,20,24);1H. The van der Waals surface area contributed by atoms with E-state index in [-0.39, 0.29) is 24.0 Å². The van der Waals surface area contributed by atoms with Crippen molar-refractivity contribution in [2.45, 2.75) is 44.7 Å². The number of carbonyl (C=O) groups excluding carboxylic acids is 1. The Hall–Kier alpha value is -1.79. The topological polar surface area (TPSA) is 70.1 Å². The number of amides is 1.